The average Bonchev–Trinajstić information content (AvgIpc) is 3.03. The van der Waals surface area contributed by atoms with E-state index in [1.165, 1.54) is 20.8 Å². The Kier molecular flexibility index (Phi) is 7.80. The third kappa shape index (κ3) is 6.24. The monoisotopic (exact) mass is 483 g/mol. The van der Waals surface area contributed by atoms with Gasteiger partial charge in [0.2, 0.25) is 5.91 Å². The highest BCUT2D eigenvalue weighted by Crippen LogP contribution is 2.19. The molecule has 2 aromatic rings. The molecule has 10 nitrogen and oxygen atoms in total. The minimum atomic E-state index is -4.00. The lowest BCUT2D eigenvalue weighted by Crippen LogP contribution is -2.43. The number of rotatable bonds is 7. The molecule has 174 valence electrons. The van der Waals surface area contributed by atoms with E-state index in [4.69, 9.17) is 9.47 Å². The summed E-state index contributed by atoms with van der Waals surface area (Å²) in [5, 5.41) is 0. The fraction of sp³-hybridized carbons (Fsp3) is 0.500. The molecule has 1 aliphatic heterocycles. The van der Waals surface area contributed by atoms with Gasteiger partial charge in [-0.15, -0.1) is 0 Å². The second-order valence-electron chi connectivity index (χ2n) is 7.28. The molecule has 0 saturated carbocycles. The second-order valence-corrected chi connectivity index (χ2v) is 10.4. The number of carbonyl (C=O) groups excluding carboxylic acids is 3. The van der Waals surface area contributed by atoms with E-state index < -0.39 is 39.1 Å². The largest absolute Gasteiger partial charge is 0.465 e. The molecule has 3 rings (SSSR count). The highest BCUT2D eigenvalue weighted by molar-refractivity contribution is 7.92. The maximum absolute atomic E-state index is 12.5. The number of benzene rings is 1. The molecule has 0 spiro atoms. The molecule has 0 N–H and O–H groups in total. The van der Waals surface area contributed by atoms with Crippen molar-refractivity contribution in [3.63, 3.8) is 0 Å². The predicted octanol–water partition coefficient (Wildman–Crippen LogP) is 0.275. The zero-order valence-corrected chi connectivity index (χ0v) is 19.5. The number of aromatic nitrogens is 1. The number of hydrogen-bond acceptors (Lipinski definition) is 8. The van der Waals surface area contributed by atoms with Crippen molar-refractivity contribution in [3.05, 3.63) is 28.6 Å². The number of aryl methyl sites for hydroxylation is 1. The number of morpholine rings is 1. The molecule has 1 saturated heterocycles. The molecule has 32 heavy (non-hydrogen) atoms. The van der Waals surface area contributed by atoms with Crippen LogP contribution in [0.15, 0.2) is 23.2 Å². The summed E-state index contributed by atoms with van der Waals surface area (Å²) >= 11 is 1.17. The van der Waals surface area contributed by atoms with Crippen molar-refractivity contribution in [1.82, 2.24) is 9.47 Å². The summed E-state index contributed by atoms with van der Waals surface area (Å²) in [6, 6.07) is 5.56. The zero-order valence-electron chi connectivity index (χ0n) is 17.9. The van der Waals surface area contributed by atoms with Gasteiger partial charge in [0.15, 0.2) is 14.6 Å². The van der Waals surface area contributed by atoms with Crippen LogP contribution in [0.4, 0.5) is 0 Å². The number of hydrogen-bond donors (Lipinski definition) is 0. The van der Waals surface area contributed by atoms with Gasteiger partial charge in [-0.25, -0.2) is 8.42 Å². The first-order valence-corrected chi connectivity index (χ1v) is 12.7. The highest BCUT2D eigenvalue weighted by atomic mass is 32.2. The first-order chi connectivity index (χ1) is 15.2. The molecule has 12 heteroatoms. The average molecular weight is 484 g/mol. The van der Waals surface area contributed by atoms with E-state index in [0.29, 0.717) is 31.8 Å². The number of sulfone groups is 1. The number of amides is 2. The van der Waals surface area contributed by atoms with Crippen LogP contribution < -0.4 is 4.80 Å². The van der Waals surface area contributed by atoms with Crippen molar-refractivity contribution >= 4 is 49.2 Å². The van der Waals surface area contributed by atoms with Gasteiger partial charge in [0, 0.05) is 13.1 Å². The van der Waals surface area contributed by atoms with Crippen molar-refractivity contribution < 1.29 is 32.3 Å². The van der Waals surface area contributed by atoms with Crippen molar-refractivity contribution in [2.75, 3.05) is 44.4 Å². The van der Waals surface area contributed by atoms with Crippen LogP contribution in [0, 0.1) is 6.92 Å². The summed E-state index contributed by atoms with van der Waals surface area (Å²) < 4.78 is 37.3. The number of thiazole rings is 1. The van der Waals surface area contributed by atoms with E-state index in [1.807, 2.05) is 25.1 Å². The number of fused-ring (bicyclic) bond motifs is 1. The van der Waals surface area contributed by atoms with E-state index in [0.717, 1.165) is 10.3 Å². The van der Waals surface area contributed by atoms with Crippen LogP contribution in [-0.4, -0.2) is 80.1 Å². The Bertz CT molecular complexity index is 1190. The Morgan fingerprint density at radius 2 is 1.91 bits per heavy atom. The van der Waals surface area contributed by atoms with Gasteiger partial charge in [0.05, 0.1) is 30.0 Å². The Balaban J connectivity index is 1.82. The minimum Gasteiger partial charge on any atom is -0.465 e. The molecule has 1 aliphatic rings. The van der Waals surface area contributed by atoms with Crippen molar-refractivity contribution in [2.24, 2.45) is 4.99 Å². The molecule has 0 aliphatic carbocycles. The van der Waals surface area contributed by atoms with Gasteiger partial charge in [-0.05, 0) is 31.5 Å². The quantitative estimate of drug-likeness (QED) is 0.518. The van der Waals surface area contributed by atoms with Crippen molar-refractivity contribution in [2.45, 2.75) is 20.4 Å². The van der Waals surface area contributed by atoms with E-state index in [1.54, 1.807) is 6.92 Å². The molecule has 0 bridgehead atoms. The van der Waals surface area contributed by atoms with E-state index in [9.17, 15) is 22.8 Å². The number of ether oxygens (including phenoxy) is 2. The molecule has 1 aromatic carbocycles. The van der Waals surface area contributed by atoms with Crippen LogP contribution in [0.1, 0.15) is 12.5 Å². The van der Waals surface area contributed by atoms with Gasteiger partial charge in [0.25, 0.3) is 5.91 Å². The van der Waals surface area contributed by atoms with Gasteiger partial charge < -0.3 is 18.9 Å². The van der Waals surface area contributed by atoms with E-state index in [-0.39, 0.29) is 18.0 Å². The first kappa shape index (κ1) is 24.1. The lowest BCUT2D eigenvalue weighted by molar-refractivity contribution is -0.143. The normalized spacial score (nSPS) is 15.2. The summed E-state index contributed by atoms with van der Waals surface area (Å²) in [4.78, 5) is 42.3. The zero-order chi connectivity index (χ0) is 23.3. The summed E-state index contributed by atoms with van der Waals surface area (Å²) in [7, 11) is -4.00. The number of nitrogens with zero attached hydrogens (tertiary/aromatic N) is 3. The van der Waals surface area contributed by atoms with Crippen molar-refractivity contribution in [1.29, 1.82) is 0 Å². The van der Waals surface area contributed by atoms with Gasteiger partial charge >= 0.3 is 5.97 Å². The Morgan fingerprint density at radius 1 is 1.19 bits per heavy atom. The summed E-state index contributed by atoms with van der Waals surface area (Å²) in [6.07, 6.45) is 0. The fourth-order valence-corrected chi connectivity index (χ4v) is 5.47. The maximum Gasteiger partial charge on any atom is 0.326 e. The van der Waals surface area contributed by atoms with Crippen LogP contribution >= 0.6 is 11.3 Å². The van der Waals surface area contributed by atoms with Crippen LogP contribution in [-0.2, 0) is 40.2 Å². The SMILES string of the molecule is CCOC(=O)Cn1c(=NC(=O)CS(=O)(=O)CC(=O)N2CCOCC2)sc2cc(C)ccc21. The summed E-state index contributed by atoms with van der Waals surface area (Å²) in [5.41, 5.74) is 1.68. The lowest BCUT2D eigenvalue weighted by Gasteiger charge is -2.26. The van der Waals surface area contributed by atoms with Crippen LogP contribution in [0.3, 0.4) is 0 Å². The number of carbonyl (C=O) groups is 3. The molecular formula is C20H25N3O7S2. The molecule has 0 radical (unpaired) electrons. The fourth-order valence-electron chi connectivity index (χ4n) is 3.22. The number of esters is 1. The second kappa shape index (κ2) is 10.4. The molecule has 0 atom stereocenters. The molecule has 2 amide bonds. The van der Waals surface area contributed by atoms with Gasteiger partial charge in [-0.1, -0.05) is 17.4 Å². The van der Waals surface area contributed by atoms with E-state index >= 15 is 0 Å². The summed E-state index contributed by atoms with van der Waals surface area (Å²) in [6.45, 7) is 5.00. The van der Waals surface area contributed by atoms with Gasteiger partial charge in [0.1, 0.15) is 18.1 Å². The molecule has 2 heterocycles. The predicted molar refractivity (Wildman–Crippen MR) is 118 cm³/mol. The molecule has 1 fully saturated rings. The highest BCUT2D eigenvalue weighted by Gasteiger charge is 2.25. The minimum absolute atomic E-state index is 0.161. The van der Waals surface area contributed by atoms with Crippen LogP contribution in [0.5, 0.6) is 0 Å². The molecular weight excluding hydrogens is 458 g/mol. The Morgan fingerprint density at radius 3 is 2.59 bits per heavy atom. The maximum atomic E-state index is 12.5. The third-order valence-electron chi connectivity index (χ3n) is 4.70. The standard InChI is InChI=1S/C20H25N3O7S2/c1-3-30-19(26)11-23-15-5-4-14(2)10-16(15)31-20(23)21-17(24)12-32(27,28)13-18(25)22-6-8-29-9-7-22/h4-5,10H,3,6-9,11-13H2,1-2H3. The van der Waals surface area contributed by atoms with Gasteiger partial charge in [-0.2, -0.15) is 4.99 Å². The summed E-state index contributed by atoms with van der Waals surface area (Å²) in [5.74, 6) is -3.61. The topological polar surface area (TPSA) is 124 Å². The van der Waals surface area contributed by atoms with Crippen molar-refractivity contribution in [3.8, 4) is 0 Å². The Hall–Kier alpha value is -2.57. The van der Waals surface area contributed by atoms with E-state index in [2.05, 4.69) is 4.99 Å². The molecule has 0 unspecified atom stereocenters. The third-order valence-corrected chi connectivity index (χ3v) is 7.12. The Labute approximate surface area is 189 Å². The smallest absolute Gasteiger partial charge is 0.326 e. The first-order valence-electron chi connectivity index (χ1n) is 10.1. The molecule has 1 aromatic heterocycles. The lowest BCUT2D eigenvalue weighted by atomic mass is 10.2. The van der Waals surface area contributed by atoms with Gasteiger partial charge in [-0.3, -0.25) is 14.4 Å². The van der Waals surface area contributed by atoms with Crippen LogP contribution in [0.2, 0.25) is 0 Å². The van der Waals surface area contributed by atoms with Crippen LogP contribution in [0.25, 0.3) is 10.2 Å².